The van der Waals surface area contributed by atoms with E-state index < -0.39 is 5.60 Å². The van der Waals surface area contributed by atoms with E-state index in [9.17, 15) is 5.11 Å². The Kier molecular flexibility index (Phi) is 4.44. The zero-order valence-corrected chi connectivity index (χ0v) is 9.40. The van der Waals surface area contributed by atoms with Gasteiger partial charge in [-0.25, -0.2) is 4.98 Å². The average Bonchev–Trinajstić information content (AvgIpc) is 2.56. The molecule has 0 fully saturated rings. The summed E-state index contributed by atoms with van der Waals surface area (Å²) in [6, 6.07) is 0. The molecule has 1 aromatic heterocycles. The highest BCUT2D eigenvalue weighted by Gasteiger charge is 2.18. The first-order valence-electron chi connectivity index (χ1n) is 4.54. The SMILES string of the molecule is CSCC(C)(O)CNCc1ncc[nH]1. The largest absolute Gasteiger partial charge is 0.388 e. The minimum absolute atomic E-state index is 0.578. The van der Waals surface area contributed by atoms with Crippen LogP contribution in [-0.4, -0.2) is 39.2 Å². The van der Waals surface area contributed by atoms with Gasteiger partial charge >= 0.3 is 0 Å². The Labute approximate surface area is 88.5 Å². The van der Waals surface area contributed by atoms with Crippen molar-refractivity contribution in [3.8, 4) is 0 Å². The zero-order valence-electron chi connectivity index (χ0n) is 8.58. The van der Waals surface area contributed by atoms with Gasteiger partial charge in [0.2, 0.25) is 0 Å². The van der Waals surface area contributed by atoms with Gasteiger partial charge in [-0.2, -0.15) is 11.8 Å². The predicted molar refractivity (Wildman–Crippen MR) is 59.3 cm³/mol. The first-order valence-corrected chi connectivity index (χ1v) is 5.94. The number of hydrogen-bond acceptors (Lipinski definition) is 4. The minimum atomic E-state index is -0.647. The molecule has 1 heterocycles. The highest BCUT2D eigenvalue weighted by Crippen LogP contribution is 2.08. The van der Waals surface area contributed by atoms with Crippen LogP contribution in [-0.2, 0) is 6.54 Å². The molecular formula is C9H17N3OS. The Morgan fingerprint density at radius 2 is 2.50 bits per heavy atom. The van der Waals surface area contributed by atoms with Crippen molar-refractivity contribution in [2.75, 3.05) is 18.6 Å². The number of aromatic amines is 1. The highest BCUT2D eigenvalue weighted by molar-refractivity contribution is 7.98. The van der Waals surface area contributed by atoms with E-state index in [1.165, 1.54) is 0 Å². The van der Waals surface area contributed by atoms with Crippen molar-refractivity contribution in [2.24, 2.45) is 0 Å². The van der Waals surface area contributed by atoms with Gasteiger partial charge in [-0.15, -0.1) is 0 Å². The molecule has 0 radical (unpaired) electrons. The molecule has 14 heavy (non-hydrogen) atoms. The van der Waals surface area contributed by atoms with Crippen LogP contribution in [0.4, 0.5) is 0 Å². The third-order valence-corrected chi connectivity index (χ3v) is 2.72. The molecular weight excluding hydrogens is 198 g/mol. The van der Waals surface area contributed by atoms with Crippen molar-refractivity contribution in [3.63, 3.8) is 0 Å². The monoisotopic (exact) mass is 215 g/mol. The van der Waals surface area contributed by atoms with Crippen LogP contribution in [0.25, 0.3) is 0 Å². The van der Waals surface area contributed by atoms with Crippen molar-refractivity contribution in [1.82, 2.24) is 15.3 Å². The second-order valence-electron chi connectivity index (χ2n) is 3.57. The second-order valence-corrected chi connectivity index (χ2v) is 4.44. The van der Waals surface area contributed by atoms with Crippen molar-refractivity contribution in [1.29, 1.82) is 0 Å². The van der Waals surface area contributed by atoms with Crippen LogP contribution in [0.3, 0.4) is 0 Å². The summed E-state index contributed by atoms with van der Waals surface area (Å²) in [6.07, 6.45) is 5.50. The summed E-state index contributed by atoms with van der Waals surface area (Å²) in [5.41, 5.74) is -0.647. The van der Waals surface area contributed by atoms with E-state index in [0.717, 1.165) is 11.6 Å². The molecule has 0 aromatic carbocycles. The molecule has 1 rings (SSSR count). The maximum Gasteiger partial charge on any atom is 0.120 e. The maximum absolute atomic E-state index is 9.83. The second kappa shape index (κ2) is 5.38. The van der Waals surface area contributed by atoms with Crippen molar-refractivity contribution < 1.29 is 5.11 Å². The molecule has 0 saturated heterocycles. The number of H-pyrrole nitrogens is 1. The van der Waals surface area contributed by atoms with Gasteiger partial charge in [0.15, 0.2) is 0 Å². The molecule has 5 heteroatoms. The molecule has 0 spiro atoms. The minimum Gasteiger partial charge on any atom is -0.388 e. The Balaban J connectivity index is 2.20. The smallest absolute Gasteiger partial charge is 0.120 e. The fourth-order valence-electron chi connectivity index (χ4n) is 1.21. The van der Waals surface area contributed by atoms with Gasteiger partial charge in [-0.05, 0) is 13.2 Å². The van der Waals surface area contributed by atoms with Crippen LogP contribution in [0.5, 0.6) is 0 Å². The molecule has 0 saturated carbocycles. The maximum atomic E-state index is 9.83. The topological polar surface area (TPSA) is 60.9 Å². The number of imidazole rings is 1. The molecule has 4 nitrogen and oxygen atoms in total. The molecule has 1 atom stereocenters. The normalized spacial score (nSPS) is 15.4. The number of nitrogens with one attached hydrogen (secondary N) is 2. The lowest BCUT2D eigenvalue weighted by Crippen LogP contribution is -2.39. The van der Waals surface area contributed by atoms with Crippen LogP contribution in [0.15, 0.2) is 12.4 Å². The molecule has 0 aliphatic carbocycles. The van der Waals surface area contributed by atoms with Crippen LogP contribution < -0.4 is 5.32 Å². The lowest BCUT2D eigenvalue weighted by Gasteiger charge is -2.22. The fraction of sp³-hybridized carbons (Fsp3) is 0.667. The first-order chi connectivity index (χ1) is 6.64. The summed E-state index contributed by atoms with van der Waals surface area (Å²) in [4.78, 5) is 7.07. The molecule has 1 aromatic rings. The van der Waals surface area contributed by atoms with Gasteiger partial charge < -0.3 is 15.4 Å². The van der Waals surface area contributed by atoms with Gasteiger partial charge in [0.1, 0.15) is 5.82 Å². The molecule has 80 valence electrons. The standard InChI is InChI=1S/C9H17N3OS/c1-9(13,7-14-2)6-10-5-8-11-3-4-12-8/h3-4,10,13H,5-7H2,1-2H3,(H,11,12). The zero-order chi connectivity index (χ0) is 10.4. The third kappa shape index (κ3) is 4.13. The number of hydrogen-bond donors (Lipinski definition) is 3. The summed E-state index contributed by atoms with van der Waals surface area (Å²) in [5, 5.41) is 13.0. The van der Waals surface area contributed by atoms with E-state index in [2.05, 4.69) is 15.3 Å². The van der Waals surface area contributed by atoms with Gasteiger partial charge in [0.05, 0.1) is 12.1 Å². The van der Waals surface area contributed by atoms with E-state index in [1.54, 1.807) is 24.2 Å². The quantitative estimate of drug-likeness (QED) is 0.651. The van der Waals surface area contributed by atoms with Crippen LogP contribution >= 0.6 is 11.8 Å². The molecule has 0 aliphatic heterocycles. The van der Waals surface area contributed by atoms with Crippen molar-refractivity contribution >= 4 is 11.8 Å². The Bertz CT molecular complexity index is 249. The lowest BCUT2D eigenvalue weighted by atomic mass is 10.1. The highest BCUT2D eigenvalue weighted by atomic mass is 32.2. The number of rotatable bonds is 6. The van der Waals surface area contributed by atoms with E-state index in [4.69, 9.17) is 0 Å². The fourth-order valence-corrected chi connectivity index (χ4v) is 1.93. The van der Waals surface area contributed by atoms with E-state index in [1.807, 2.05) is 13.2 Å². The third-order valence-electron chi connectivity index (χ3n) is 1.81. The van der Waals surface area contributed by atoms with Gasteiger partial charge in [-0.3, -0.25) is 0 Å². The Hall–Kier alpha value is -0.520. The summed E-state index contributed by atoms with van der Waals surface area (Å²) >= 11 is 1.64. The van der Waals surface area contributed by atoms with Crippen LogP contribution in [0.1, 0.15) is 12.7 Å². The molecule has 0 aliphatic rings. The summed E-state index contributed by atoms with van der Waals surface area (Å²) in [6.45, 7) is 3.07. The van der Waals surface area contributed by atoms with Crippen LogP contribution in [0, 0.1) is 0 Å². The Morgan fingerprint density at radius 1 is 1.71 bits per heavy atom. The first kappa shape index (κ1) is 11.6. The summed E-state index contributed by atoms with van der Waals surface area (Å²) in [5.74, 6) is 1.63. The van der Waals surface area contributed by atoms with Crippen molar-refractivity contribution in [3.05, 3.63) is 18.2 Å². The number of aliphatic hydroxyl groups is 1. The van der Waals surface area contributed by atoms with Crippen LogP contribution in [0.2, 0.25) is 0 Å². The summed E-state index contributed by atoms with van der Waals surface area (Å²) < 4.78 is 0. The Morgan fingerprint density at radius 3 is 3.07 bits per heavy atom. The van der Waals surface area contributed by atoms with E-state index >= 15 is 0 Å². The number of thioether (sulfide) groups is 1. The summed E-state index contributed by atoms with van der Waals surface area (Å²) in [7, 11) is 0. The van der Waals surface area contributed by atoms with Gasteiger partial charge in [-0.1, -0.05) is 0 Å². The van der Waals surface area contributed by atoms with Gasteiger partial charge in [0.25, 0.3) is 0 Å². The van der Waals surface area contributed by atoms with E-state index in [0.29, 0.717) is 13.1 Å². The predicted octanol–water partition coefficient (Wildman–Crippen LogP) is 0.613. The molecule has 1 unspecified atom stereocenters. The lowest BCUT2D eigenvalue weighted by molar-refractivity contribution is 0.0844. The van der Waals surface area contributed by atoms with Gasteiger partial charge in [0, 0.05) is 24.7 Å². The molecule has 0 bridgehead atoms. The number of nitrogens with zero attached hydrogens (tertiary/aromatic N) is 1. The average molecular weight is 215 g/mol. The van der Waals surface area contributed by atoms with E-state index in [-0.39, 0.29) is 0 Å². The molecule has 0 amide bonds. The number of aromatic nitrogens is 2. The van der Waals surface area contributed by atoms with Crippen molar-refractivity contribution in [2.45, 2.75) is 19.1 Å². The molecule has 3 N–H and O–H groups in total.